The molecule has 0 amide bonds. The second-order valence-electron chi connectivity index (χ2n) is 3.46. The van der Waals surface area contributed by atoms with Crippen LogP contribution in [0.25, 0.3) is 0 Å². The number of rotatable bonds is 4. The smallest absolute Gasteiger partial charge is 0.173 e. The van der Waals surface area contributed by atoms with E-state index in [1.807, 2.05) is 6.92 Å². The van der Waals surface area contributed by atoms with Crippen molar-refractivity contribution in [2.75, 3.05) is 18.9 Å². The van der Waals surface area contributed by atoms with E-state index in [4.69, 9.17) is 5.11 Å². The fourth-order valence-corrected chi connectivity index (χ4v) is 2.39. The lowest BCUT2D eigenvalue weighted by atomic mass is 10.2. The van der Waals surface area contributed by atoms with Crippen LogP contribution in [-0.4, -0.2) is 38.5 Å². The monoisotopic (exact) mass is 205 g/mol. The predicted octanol–water partition coefficient (Wildman–Crippen LogP) is -0.485. The number of nitrogens with one attached hydrogen (secondary N) is 1. The molecule has 0 aliphatic carbocycles. The Morgan fingerprint density at radius 2 is 2.38 bits per heavy atom. The Bertz CT molecular complexity index is 284. The number of hydrogen-bond donors (Lipinski definition) is 2. The summed E-state index contributed by atoms with van der Waals surface area (Å²) < 4.78 is 22.0. The molecule has 2 N–H and O–H groups in total. The summed E-state index contributed by atoms with van der Waals surface area (Å²) in [6, 6.07) is -0.0843. The Labute approximate surface area is 78.6 Å². The molecule has 13 heavy (non-hydrogen) atoms. The van der Waals surface area contributed by atoms with Gasteiger partial charge in [0.2, 0.25) is 0 Å². The Morgan fingerprint density at radius 1 is 1.69 bits per heavy atom. The summed E-state index contributed by atoms with van der Waals surface area (Å²) in [4.78, 5) is 0. The number of aliphatic hydroxyl groups excluding tert-OH is 1. The third kappa shape index (κ3) is 3.46. The van der Waals surface area contributed by atoms with E-state index < -0.39 is 9.84 Å². The van der Waals surface area contributed by atoms with Crippen molar-refractivity contribution in [2.45, 2.75) is 13.0 Å². The van der Waals surface area contributed by atoms with Crippen molar-refractivity contribution in [1.29, 1.82) is 0 Å². The van der Waals surface area contributed by atoms with E-state index in [1.54, 1.807) is 6.08 Å². The standard InChI is InChI=1S/C8H15NO3S/c1-7(5-10)4-9-8-2-3-13(11,12)6-8/h2-3,7-10H,4-6H2,1H3. The average Bonchev–Trinajstić information content (AvgIpc) is 2.41. The van der Waals surface area contributed by atoms with Crippen molar-refractivity contribution in [2.24, 2.45) is 5.92 Å². The van der Waals surface area contributed by atoms with Gasteiger partial charge in [-0.3, -0.25) is 0 Å². The first-order chi connectivity index (χ1) is 6.03. The van der Waals surface area contributed by atoms with Crippen LogP contribution >= 0.6 is 0 Å². The van der Waals surface area contributed by atoms with Crippen molar-refractivity contribution < 1.29 is 13.5 Å². The minimum Gasteiger partial charge on any atom is -0.396 e. The van der Waals surface area contributed by atoms with E-state index >= 15 is 0 Å². The lowest BCUT2D eigenvalue weighted by Gasteiger charge is -2.12. The van der Waals surface area contributed by atoms with Gasteiger partial charge in [0.25, 0.3) is 0 Å². The van der Waals surface area contributed by atoms with Gasteiger partial charge >= 0.3 is 0 Å². The quantitative estimate of drug-likeness (QED) is 0.650. The van der Waals surface area contributed by atoms with Crippen LogP contribution in [0.3, 0.4) is 0 Å². The molecule has 0 aromatic rings. The van der Waals surface area contributed by atoms with Crippen LogP contribution in [-0.2, 0) is 9.84 Å². The van der Waals surface area contributed by atoms with E-state index in [0.717, 1.165) is 0 Å². The van der Waals surface area contributed by atoms with Gasteiger partial charge in [-0.1, -0.05) is 13.0 Å². The molecule has 0 aromatic heterocycles. The molecule has 2 atom stereocenters. The van der Waals surface area contributed by atoms with Crippen molar-refractivity contribution in [3.8, 4) is 0 Å². The Kier molecular flexibility index (Phi) is 3.47. The highest BCUT2D eigenvalue weighted by Gasteiger charge is 2.21. The summed E-state index contributed by atoms with van der Waals surface area (Å²) in [7, 11) is -2.96. The highest BCUT2D eigenvalue weighted by atomic mass is 32.2. The molecule has 1 heterocycles. The third-order valence-corrected chi connectivity index (χ3v) is 3.37. The van der Waals surface area contributed by atoms with Crippen molar-refractivity contribution in [3.05, 3.63) is 11.5 Å². The second kappa shape index (κ2) is 4.21. The van der Waals surface area contributed by atoms with Crippen LogP contribution in [0, 0.1) is 5.92 Å². The van der Waals surface area contributed by atoms with Crippen LogP contribution < -0.4 is 5.32 Å². The molecule has 0 saturated carbocycles. The van der Waals surface area contributed by atoms with Crippen LogP contribution in [0.15, 0.2) is 11.5 Å². The van der Waals surface area contributed by atoms with Gasteiger partial charge in [-0.2, -0.15) is 0 Å². The van der Waals surface area contributed by atoms with Crippen LogP contribution in [0.2, 0.25) is 0 Å². The van der Waals surface area contributed by atoms with Gasteiger partial charge in [-0.05, 0) is 5.92 Å². The normalized spacial score (nSPS) is 27.7. The van der Waals surface area contributed by atoms with Gasteiger partial charge in [0, 0.05) is 24.6 Å². The SMILES string of the molecule is CC(CO)CNC1C=CS(=O)(=O)C1. The predicted molar refractivity (Wildman–Crippen MR) is 51.0 cm³/mol. The Hall–Kier alpha value is -0.390. The summed E-state index contributed by atoms with van der Waals surface area (Å²) in [6.45, 7) is 2.66. The molecule has 0 radical (unpaired) electrons. The topological polar surface area (TPSA) is 66.4 Å². The van der Waals surface area contributed by atoms with Gasteiger partial charge in [-0.15, -0.1) is 0 Å². The Morgan fingerprint density at radius 3 is 2.85 bits per heavy atom. The Balaban J connectivity index is 2.30. The molecular formula is C8H15NO3S. The maximum atomic E-state index is 11.0. The van der Waals surface area contributed by atoms with Crippen LogP contribution in [0.4, 0.5) is 0 Å². The summed E-state index contributed by atoms with van der Waals surface area (Å²) in [5.41, 5.74) is 0. The van der Waals surface area contributed by atoms with Crippen molar-refractivity contribution in [3.63, 3.8) is 0 Å². The van der Waals surface area contributed by atoms with Crippen LogP contribution in [0.5, 0.6) is 0 Å². The molecule has 5 heteroatoms. The van der Waals surface area contributed by atoms with E-state index in [9.17, 15) is 8.42 Å². The van der Waals surface area contributed by atoms with Gasteiger partial charge in [0.15, 0.2) is 9.84 Å². The fourth-order valence-electron chi connectivity index (χ4n) is 1.12. The fraction of sp³-hybridized carbons (Fsp3) is 0.750. The average molecular weight is 205 g/mol. The summed E-state index contributed by atoms with van der Waals surface area (Å²) in [5, 5.41) is 13.0. The molecule has 0 spiro atoms. The molecule has 1 aliphatic rings. The van der Waals surface area contributed by atoms with Gasteiger partial charge < -0.3 is 10.4 Å². The molecule has 1 aliphatic heterocycles. The molecule has 0 fully saturated rings. The maximum Gasteiger partial charge on any atom is 0.173 e. The summed E-state index contributed by atoms with van der Waals surface area (Å²) >= 11 is 0. The third-order valence-electron chi connectivity index (χ3n) is 1.97. The van der Waals surface area contributed by atoms with E-state index in [0.29, 0.717) is 6.54 Å². The second-order valence-corrected chi connectivity index (χ2v) is 5.39. The molecule has 0 saturated heterocycles. The van der Waals surface area contributed by atoms with Crippen LogP contribution in [0.1, 0.15) is 6.92 Å². The van der Waals surface area contributed by atoms with Crippen molar-refractivity contribution in [1.82, 2.24) is 5.32 Å². The molecular weight excluding hydrogens is 190 g/mol. The molecule has 0 aromatic carbocycles. The zero-order valence-electron chi connectivity index (χ0n) is 7.60. The number of sulfone groups is 1. The number of aliphatic hydroxyl groups is 1. The zero-order chi connectivity index (χ0) is 9.90. The maximum absolute atomic E-state index is 11.0. The number of hydrogen-bond acceptors (Lipinski definition) is 4. The lowest BCUT2D eigenvalue weighted by Crippen LogP contribution is -2.34. The van der Waals surface area contributed by atoms with E-state index in [-0.39, 0.29) is 24.3 Å². The van der Waals surface area contributed by atoms with E-state index in [1.165, 1.54) is 5.41 Å². The lowest BCUT2D eigenvalue weighted by molar-refractivity contribution is 0.233. The molecule has 0 bridgehead atoms. The summed E-state index contributed by atoms with van der Waals surface area (Å²) in [6.07, 6.45) is 1.65. The molecule has 4 nitrogen and oxygen atoms in total. The highest BCUT2D eigenvalue weighted by molar-refractivity contribution is 7.94. The minimum atomic E-state index is -2.96. The highest BCUT2D eigenvalue weighted by Crippen LogP contribution is 2.07. The van der Waals surface area contributed by atoms with E-state index in [2.05, 4.69) is 5.32 Å². The van der Waals surface area contributed by atoms with Gasteiger partial charge in [-0.25, -0.2) is 8.42 Å². The zero-order valence-corrected chi connectivity index (χ0v) is 8.42. The van der Waals surface area contributed by atoms with Gasteiger partial charge in [0.1, 0.15) is 0 Å². The molecule has 1 rings (SSSR count). The summed E-state index contributed by atoms with van der Waals surface area (Å²) in [5.74, 6) is 0.308. The first-order valence-electron chi connectivity index (χ1n) is 4.28. The molecule has 2 unspecified atom stereocenters. The first-order valence-corrected chi connectivity index (χ1v) is 6.00. The molecule has 76 valence electrons. The largest absolute Gasteiger partial charge is 0.396 e. The first kappa shape index (κ1) is 10.7. The van der Waals surface area contributed by atoms with Crippen molar-refractivity contribution >= 4 is 9.84 Å². The van der Waals surface area contributed by atoms with Gasteiger partial charge in [0.05, 0.1) is 5.75 Å². The minimum absolute atomic E-state index is 0.0843.